The molecule has 0 aliphatic carbocycles. The molecule has 2 heterocycles. The second-order valence-electron chi connectivity index (χ2n) is 9.76. The number of halogens is 3. The number of carbonyl (C=O) groups is 3. The van der Waals surface area contributed by atoms with E-state index in [1.807, 2.05) is 31.2 Å². The van der Waals surface area contributed by atoms with E-state index in [-0.39, 0.29) is 31.2 Å². The SMILES string of the molecule is CCOC(=O)C1=C(CN2CCN(C(=O)c3ccc(C)cc3)CC2)N(CC)C(=O)N[C@@H]1c1ccc(C(F)(F)F)cc1. The quantitative estimate of drug-likeness (QED) is 0.511. The topological polar surface area (TPSA) is 82.2 Å². The minimum atomic E-state index is -4.51. The highest BCUT2D eigenvalue weighted by Gasteiger charge is 2.39. The summed E-state index contributed by atoms with van der Waals surface area (Å²) < 4.78 is 44.8. The molecule has 1 saturated heterocycles. The van der Waals surface area contributed by atoms with Crippen molar-refractivity contribution in [2.24, 2.45) is 0 Å². The Bertz CT molecular complexity index is 1270. The van der Waals surface area contributed by atoms with E-state index < -0.39 is 29.8 Å². The van der Waals surface area contributed by atoms with Crippen molar-refractivity contribution in [3.05, 3.63) is 82.1 Å². The van der Waals surface area contributed by atoms with Crippen LogP contribution in [0.15, 0.2) is 59.8 Å². The van der Waals surface area contributed by atoms with Crippen LogP contribution in [0.2, 0.25) is 0 Å². The summed E-state index contributed by atoms with van der Waals surface area (Å²) in [5, 5.41) is 2.77. The molecule has 214 valence electrons. The smallest absolute Gasteiger partial charge is 0.416 e. The number of benzene rings is 2. The lowest BCUT2D eigenvalue weighted by Gasteiger charge is -2.40. The standard InChI is InChI=1S/C29H33F3N4O4/c1-4-36-23(18-34-14-16-35(17-15-34)26(37)21-8-6-19(3)7-9-21)24(27(38)40-5-2)25(33-28(36)39)20-10-12-22(13-11-20)29(30,31)32/h6-13,25H,4-5,14-18H2,1-3H3,(H,33,39)/t25-/m1/s1. The number of nitrogens with one attached hydrogen (secondary N) is 1. The first kappa shape index (κ1) is 29.1. The number of piperazine rings is 1. The first-order valence-corrected chi connectivity index (χ1v) is 13.3. The monoisotopic (exact) mass is 558 g/mol. The van der Waals surface area contributed by atoms with E-state index >= 15 is 0 Å². The molecule has 0 spiro atoms. The van der Waals surface area contributed by atoms with Crippen LogP contribution in [0.5, 0.6) is 0 Å². The van der Waals surface area contributed by atoms with Crippen LogP contribution >= 0.6 is 0 Å². The maximum atomic E-state index is 13.2. The van der Waals surface area contributed by atoms with E-state index in [1.54, 1.807) is 18.7 Å². The number of carbonyl (C=O) groups excluding carboxylic acids is 3. The van der Waals surface area contributed by atoms with Crippen molar-refractivity contribution in [1.29, 1.82) is 0 Å². The summed E-state index contributed by atoms with van der Waals surface area (Å²) in [5.74, 6) is -0.699. The van der Waals surface area contributed by atoms with Gasteiger partial charge in [-0.1, -0.05) is 29.8 Å². The van der Waals surface area contributed by atoms with Crippen molar-refractivity contribution in [2.45, 2.75) is 33.0 Å². The van der Waals surface area contributed by atoms with Crippen molar-refractivity contribution >= 4 is 17.9 Å². The molecule has 2 aromatic rings. The lowest BCUT2D eigenvalue weighted by molar-refractivity contribution is -0.139. The molecule has 40 heavy (non-hydrogen) atoms. The van der Waals surface area contributed by atoms with Gasteiger partial charge in [0.05, 0.1) is 23.8 Å². The molecule has 1 fully saturated rings. The molecule has 2 aliphatic rings. The molecule has 4 rings (SSSR count). The van der Waals surface area contributed by atoms with Gasteiger partial charge in [0.1, 0.15) is 0 Å². The first-order valence-electron chi connectivity index (χ1n) is 13.3. The highest BCUT2D eigenvalue weighted by atomic mass is 19.4. The van der Waals surface area contributed by atoms with Gasteiger partial charge in [-0.05, 0) is 50.6 Å². The molecular formula is C29H33F3N4O4. The third-order valence-electron chi connectivity index (χ3n) is 7.15. The lowest BCUT2D eigenvalue weighted by atomic mass is 9.93. The van der Waals surface area contributed by atoms with Crippen LogP contribution in [-0.2, 0) is 15.7 Å². The van der Waals surface area contributed by atoms with Crippen LogP contribution in [0, 0.1) is 6.92 Å². The molecule has 0 radical (unpaired) electrons. The summed E-state index contributed by atoms with van der Waals surface area (Å²) in [6.07, 6.45) is -4.51. The van der Waals surface area contributed by atoms with Crippen LogP contribution in [0.1, 0.15) is 46.9 Å². The van der Waals surface area contributed by atoms with Crippen molar-refractivity contribution in [3.63, 3.8) is 0 Å². The summed E-state index contributed by atoms with van der Waals surface area (Å²) in [6.45, 7) is 7.96. The normalized spacial score (nSPS) is 18.6. The Morgan fingerprint density at radius 3 is 2.15 bits per heavy atom. The van der Waals surface area contributed by atoms with Gasteiger partial charge in [-0.3, -0.25) is 14.6 Å². The minimum absolute atomic E-state index is 0.0549. The number of nitrogens with zero attached hydrogens (tertiary/aromatic N) is 3. The number of amides is 3. The molecule has 0 unspecified atom stereocenters. The fourth-order valence-corrected chi connectivity index (χ4v) is 4.97. The lowest BCUT2D eigenvalue weighted by Crippen LogP contribution is -2.53. The molecule has 3 amide bonds. The zero-order valence-corrected chi connectivity index (χ0v) is 22.8. The molecule has 1 N–H and O–H groups in total. The fraction of sp³-hybridized carbons (Fsp3) is 0.414. The Kier molecular flexibility index (Phi) is 8.82. The van der Waals surface area contributed by atoms with Crippen LogP contribution in [-0.4, -0.2) is 78.5 Å². The summed E-state index contributed by atoms with van der Waals surface area (Å²) >= 11 is 0. The van der Waals surface area contributed by atoms with E-state index in [2.05, 4.69) is 10.2 Å². The summed E-state index contributed by atoms with van der Waals surface area (Å²) in [6, 6.07) is 10.4. The van der Waals surface area contributed by atoms with E-state index in [4.69, 9.17) is 4.74 Å². The maximum absolute atomic E-state index is 13.2. The third-order valence-corrected chi connectivity index (χ3v) is 7.15. The highest BCUT2D eigenvalue weighted by molar-refractivity contribution is 5.95. The summed E-state index contributed by atoms with van der Waals surface area (Å²) in [4.78, 5) is 44.6. The highest BCUT2D eigenvalue weighted by Crippen LogP contribution is 2.35. The van der Waals surface area contributed by atoms with Gasteiger partial charge in [-0.2, -0.15) is 13.2 Å². The summed E-state index contributed by atoms with van der Waals surface area (Å²) in [7, 11) is 0. The number of hydrogen-bond donors (Lipinski definition) is 1. The van der Waals surface area contributed by atoms with Gasteiger partial charge in [-0.15, -0.1) is 0 Å². The molecule has 0 saturated carbocycles. The Hall–Kier alpha value is -3.86. The average Bonchev–Trinajstić information content (AvgIpc) is 2.93. The van der Waals surface area contributed by atoms with Gasteiger partial charge in [0.25, 0.3) is 5.91 Å². The molecule has 11 heteroatoms. The van der Waals surface area contributed by atoms with Crippen LogP contribution in [0.25, 0.3) is 0 Å². The second-order valence-corrected chi connectivity index (χ2v) is 9.76. The Morgan fingerprint density at radius 2 is 1.60 bits per heavy atom. The number of aryl methyl sites for hydroxylation is 1. The van der Waals surface area contributed by atoms with E-state index in [9.17, 15) is 27.6 Å². The van der Waals surface area contributed by atoms with E-state index in [0.29, 0.717) is 43.0 Å². The zero-order chi connectivity index (χ0) is 29.0. The Labute approximate surface area is 231 Å². The number of rotatable bonds is 7. The van der Waals surface area contributed by atoms with Crippen molar-refractivity contribution in [1.82, 2.24) is 20.0 Å². The molecule has 1 atom stereocenters. The van der Waals surface area contributed by atoms with Gasteiger partial charge >= 0.3 is 18.2 Å². The first-order chi connectivity index (χ1) is 19.0. The maximum Gasteiger partial charge on any atom is 0.416 e. The predicted octanol–water partition coefficient (Wildman–Crippen LogP) is 4.38. The van der Waals surface area contributed by atoms with Crippen LogP contribution in [0.3, 0.4) is 0 Å². The number of likely N-dealkylation sites (N-methyl/N-ethyl adjacent to an activating group) is 1. The predicted molar refractivity (Wildman–Crippen MR) is 142 cm³/mol. The van der Waals surface area contributed by atoms with Gasteiger partial charge in [0, 0.05) is 50.5 Å². The molecule has 2 aliphatic heterocycles. The van der Waals surface area contributed by atoms with Gasteiger partial charge in [0.2, 0.25) is 0 Å². The zero-order valence-electron chi connectivity index (χ0n) is 22.8. The van der Waals surface area contributed by atoms with Crippen LogP contribution in [0.4, 0.5) is 18.0 Å². The molecule has 8 nitrogen and oxygen atoms in total. The largest absolute Gasteiger partial charge is 0.463 e. The summed E-state index contributed by atoms with van der Waals surface area (Å²) in [5.41, 5.74) is 1.82. The van der Waals surface area contributed by atoms with Crippen LogP contribution < -0.4 is 5.32 Å². The fourth-order valence-electron chi connectivity index (χ4n) is 4.97. The Balaban J connectivity index is 1.60. The van der Waals surface area contributed by atoms with Gasteiger partial charge in [0.15, 0.2) is 0 Å². The number of esters is 1. The average molecular weight is 559 g/mol. The third kappa shape index (κ3) is 6.30. The second kappa shape index (κ2) is 12.1. The number of alkyl halides is 3. The number of ether oxygens (including phenoxy) is 1. The van der Waals surface area contributed by atoms with Gasteiger partial charge in [-0.25, -0.2) is 9.59 Å². The van der Waals surface area contributed by atoms with Crippen molar-refractivity contribution in [3.8, 4) is 0 Å². The molecule has 0 bridgehead atoms. The van der Waals surface area contributed by atoms with Crippen molar-refractivity contribution in [2.75, 3.05) is 45.9 Å². The number of urea groups is 1. The Morgan fingerprint density at radius 1 is 0.975 bits per heavy atom. The molecule has 0 aromatic heterocycles. The van der Waals surface area contributed by atoms with Crippen molar-refractivity contribution < 1.29 is 32.3 Å². The minimum Gasteiger partial charge on any atom is -0.463 e. The molecule has 2 aromatic carbocycles. The van der Waals surface area contributed by atoms with Gasteiger partial charge < -0.3 is 15.0 Å². The number of hydrogen-bond acceptors (Lipinski definition) is 5. The van der Waals surface area contributed by atoms with E-state index in [0.717, 1.165) is 17.7 Å². The van der Waals surface area contributed by atoms with E-state index in [1.165, 1.54) is 17.0 Å². The molecular weight excluding hydrogens is 525 g/mol.